The van der Waals surface area contributed by atoms with Gasteiger partial charge in [-0.25, -0.2) is 9.67 Å². The molecule has 0 N–H and O–H groups in total. The molecule has 2 aromatic heterocycles. The Hall–Kier alpha value is -6.10. The van der Waals surface area contributed by atoms with Crippen LogP contribution in [-0.2, 0) is 5.41 Å². The molecule has 0 aliphatic heterocycles. The monoisotopic (exact) mass is 702 g/mol. The summed E-state index contributed by atoms with van der Waals surface area (Å²) in [5.74, 6) is 0.107. The van der Waals surface area contributed by atoms with Gasteiger partial charge in [0.15, 0.2) is 5.84 Å². The van der Waals surface area contributed by atoms with Crippen molar-refractivity contribution < 1.29 is 9.85 Å². The number of para-hydroxylation sites is 1. The predicted molar refractivity (Wildman–Crippen MR) is 194 cm³/mol. The van der Waals surface area contributed by atoms with Crippen molar-refractivity contribution in [3.63, 3.8) is 0 Å². The number of hydrogen-bond donors (Lipinski definition) is 0. The summed E-state index contributed by atoms with van der Waals surface area (Å²) in [6, 6.07) is 23.2. The molecule has 0 fully saturated rings. The highest BCUT2D eigenvalue weighted by Crippen LogP contribution is 2.49. The number of thiophene rings is 1. The summed E-state index contributed by atoms with van der Waals surface area (Å²) in [5.41, 5.74) is 4.73. The van der Waals surface area contributed by atoms with Crippen LogP contribution in [0.4, 0.5) is 22.1 Å². The molecule has 6 rings (SSSR count). The standard InChI is InChI=1S/C36H27ClN8O4S/c1-22-29(33(37)43(42-22)26-7-5-4-6-8-26)18-9-23-19-30-31(21-38)35(50-32(30)36(2,3)20-23)39-34(24-10-14-27(15-11-24)44(46)47)41-40-25-12-16-28(17-13-25)45(48)49/h4-19H,20H2,1-3H3/b18-9-,39-34+,41-40?. The molecule has 0 bridgehead atoms. The number of azo groups is 1. The van der Waals surface area contributed by atoms with E-state index in [0.717, 1.165) is 33.0 Å². The third-order valence-corrected chi connectivity index (χ3v) is 9.84. The van der Waals surface area contributed by atoms with Crippen LogP contribution >= 0.6 is 22.9 Å². The molecular weight excluding hydrogens is 676 g/mol. The summed E-state index contributed by atoms with van der Waals surface area (Å²) in [6.07, 6.45) is 6.61. The van der Waals surface area contributed by atoms with E-state index >= 15 is 0 Å². The van der Waals surface area contributed by atoms with E-state index in [1.807, 2.05) is 55.5 Å². The fourth-order valence-electron chi connectivity index (χ4n) is 5.54. The molecule has 0 unspecified atom stereocenters. The second-order valence-electron chi connectivity index (χ2n) is 12.0. The summed E-state index contributed by atoms with van der Waals surface area (Å²) >= 11 is 8.15. The molecular formula is C36H27ClN8O4S. The number of nitrogens with zero attached hydrogens (tertiary/aromatic N) is 8. The van der Waals surface area contributed by atoms with E-state index in [9.17, 15) is 25.5 Å². The van der Waals surface area contributed by atoms with Gasteiger partial charge in [-0.2, -0.15) is 10.4 Å². The lowest BCUT2D eigenvalue weighted by atomic mass is 9.77. The predicted octanol–water partition coefficient (Wildman–Crippen LogP) is 10.2. The number of nitro groups is 2. The van der Waals surface area contributed by atoms with Gasteiger partial charge >= 0.3 is 0 Å². The topological polar surface area (TPSA) is 165 Å². The smallest absolute Gasteiger partial charge is 0.258 e. The zero-order valence-corrected chi connectivity index (χ0v) is 28.5. The number of amidine groups is 1. The van der Waals surface area contributed by atoms with Gasteiger partial charge in [0.1, 0.15) is 16.2 Å². The first-order valence-electron chi connectivity index (χ1n) is 15.2. The second-order valence-corrected chi connectivity index (χ2v) is 13.4. The molecule has 0 saturated carbocycles. The number of aryl methyl sites for hydroxylation is 1. The van der Waals surface area contributed by atoms with E-state index in [2.05, 4.69) is 35.2 Å². The van der Waals surface area contributed by atoms with Crippen molar-refractivity contribution in [2.45, 2.75) is 32.6 Å². The van der Waals surface area contributed by atoms with Crippen LogP contribution in [0.25, 0.3) is 17.8 Å². The van der Waals surface area contributed by atoms with Crippen molar-refractivity contribution in [1.29, 1.82) is 5.26 Å². The number of benzene rings is 3. The van der Waals surface area contributed by atoms with Crippen molar-refractivity contribution in [3.8, 4) is 11.8 Å². The maximum atomic E-state index is 11.3. The molecule has 12 nitrogen and oxygen atoms in total. The van der Waals surface area contributed by atoms with Crippen LogP contribution in [0.2, 0.25) is 5.15 Å². The van der Waals surface area contributed by atoms with Crippen LogP contribution in [0.5, 0.6) is 0 Å². The number of hydrogen-bond acceptors (Lipinski definition) is 9. The van der Waals surface area contributed by atoms with Crippen LogP contribution in [0.1, 0.15) is 53.1 Å². The van der Waals surface area contributed by atoms with E-state index in [-0.39, 0.29) is 22.6 Å². The molecule has 0 radical (unpaired) electrons. The Bertz CT molecular complexity index is 2300. The van der Waals surface area contributed by atoms with E-state index in [1.54, 1.807) is 4.68 Å². The highest BCUT2D eigenvalue weighted by atomic mass is 35.5. The Morgan fingerprint density at radius 2 is 1.64 bits per heavy atom. The molecule has 1 aliphatic rings. The minimum atomic E-state index is -0.514. The van der Waals surface area contributed by atoms with Crippen molar-refractivity contribution in [2.24, 2.45) is 15.2 Å². The second kappa shape index (κ2) is 13.8. The molecule has 0 amide bonds. The van der Waals surface area contributed by atoms with Gasteiger partial charge in [-0.1, -0.05) is 49.7 Å². The minimum Gasteiger partial charge on any atom is -0.258 e. The number of halogens is 1. The first-order valence-corrected chi connectivity index (χ1v) is 16.4. The normalized spacial score (nSPS) is 14.1. The average molecular weight is 703 g/mol. The van der Waals surface area contributed by atoms with Gasteiger partial charge in [-0.3, -0.25) is 20.2 Å². The van der Waals surface area contributed by atoms with Gasteiger partial charge in [0.05, 0.1) is 32.5 Å². The molecule has 0 spiro atoms. The molecule has 0 saturated heterocycles. The minimum absolute atomic E-state index is 0.0959. The third-order valence-electron chi connectivity index (χ3n) is 8.01. The maximum Gasteiger partial charge on any atom is 0.269 e. The third kappa shape index (κ3) is 6.88. The Kier molecular flexibility index (Phi) is 9.32. The summed E-state index contributed by atoms with van der Waals surface area (Å²) in [4.78, 5) is 27.1. The van der Waals surface area contributed by atoms with Gasteiger partial charge in [-0.15, -0.1) is 21.6 Å². The van der Waals surface area contributed by atoms with E-state index < -0.39 is 9.85 Å². The fraction of sp³-hybridized carbons (Fsp3) is 0.139. The molecule has 14 heteroatoms. The van der Waals surface area contributed by atoms with Gasteiger partial charge in [0.2, 0.25) is 0 Å². The lowest BCUT2D eigenvalue weighted by Crippen LogP contribution is -2.20. The first-order chi connectivity index (χ1) is 23.9. The molecule has 3 aromatic carbocycles. The zero-order valence-electron chi connectivity index (χ0n) is 26.9. The van der Waals surface area contributed by atoms with E-state index in [1.165, 1.54) is 59.9 Å². The highest BCUT2D eigenvalue weighted by Gasteiger charge is 2.33. The van der Waals surface area contributed by atoms with E-state index in [4.69, 9.17) is 16.6 Å². The van der Waals surface area contributed by atoms with Crippen molar-refractivity contribution in [1.82, 2.24) is 9.78 Å². The van der Waals surface area contributed by atoms with Gasteiger partial charge in [0, 0.05) is 51.2 Å². The van der Waals surface area contributed by atoms with Gasteiger partial charge in [-0.05, 0) is 67.5 Å². The van der Waals surface area contributed by atoms with Crippen LogP contribution in [0.15, 0.2) is 106 Å². The molecule has 5 aromatic rings. The van der Waals surface area contributed by atoms with Crippen molar-refractivity contribution in [2.75, 3.05) is 0 Å². The number of non-ortho nitro benzene ring substituents is 2. The largest absolute Gasteiger partial charge is 0.269 e. The Morgan fingerprint density at radius 3 is 2.26 bits per heavy atom. The lowest BCUT2D eigenvalue weighted by molar-refractivity contribution is -0.385. The molecule has 2 heterocycles. The van der Waals surface area contributed by atoms with Crippen LogP contribution < -0.4 is 0 Å². The zero-order chi connectivity index (χ0) is 35.6. The SMILES string of the molecule is Cc1nn(-c2ccccc2)c(Cl)c1/C=C\C1=Cc2c(sc(/N=C(/N=Nc3ccc([N+](=O)[O-])cc3)c3ccc([N+](=O)[O-])cc3)c2C#N)C(C)(C)C1. The van der Waals surface area contributed by atoms with Crippen LogP contribution in [-0.4, -0.2) is 25.5 Å². The summed E-state index contributed by atoms with van der Waals surface area (Å²) < 4.78 is 1.70. The van der Waals surface area contributed by atoms with Crippen molar-refractivity contribution in [3.05, 3.63) is 149 Å². The number of fused-ring (bicyclic) bond motifs is 1. The summed E-state index contributed by atoms with van der Waals surface area (Å²) in [5, 5.41) is 46.9. The summed E-state index contributed by atoms with van der Waals surface area (Å²) in [6.45, 7) is 6.12. The lowest BCUT2D eigenvalue weighted by Gasteiger charge is -2.29. The molecule has 1 aliphatic carbocycles. The molecule has 0 atom stereocenters. The average Bonchev–Trinajstić information content (AvgIpc) is 3.61. The van der Waals surface area contributed by atoms with Crippen LogP contribution in [0, 0.1) is 38.5 Å². The fourth-order valence-corrected chi connectivity index (χ4v) is 7.08. The number of allylic oxidation sites excluding steroid dienone is 2. The number of aromatic nitrogens is 2. The molecule has 248 valence electrons. The maximum absolute atomic E-state index is 11.3. The number of nitro benzene ring substituents is 2. The Labute approximate surface area is 295 Å². The van der Waals surface area contributed by atoms with Gasteiger partial charge in [0.25, 0.3) is 11.4 Å². The Balaban J connectivity index is 1.40. The number of rotatable bonds is 8. The quantitative estimate of drug-likeness (QED) is 0.0513. The highest BCUT2D eigenvalue weighted by molar-refractivity contribution is 7.16. The number of nitriles is 1. The van der Waals surface area contributed by atoms with Gasteiger partial charge < -0.3 is 0 Å². The van der Waals surface area contributed by atoms with Crippen molar-refractivity contribution >= 4 is 63.0 Å². The van der Waals surface area contributed by atoms with Crippen LogP contribution in [0.3, 0.4) is 0 Å². The summed E-state index contributed by atoms with van der Waals surface area (Å²) in [7, 11) is 0. The molecule has 50 heavy (non-hydrogen) atoms. The first kappa shape index (κ1) is 33.8. The number of aliphatic imine (C=N–C) groups is 1. The van der Waals surface area contributed by atoms with E-state index in [0.29, 0.717) is 33.4 Å². The Morgan fingerprint density at radius 1 is 1.00 bits per heavy atom.